The molecule has 0 atom stereocenters. The van der Waals surface area contributed by atoms with E-state index in [4.69, 9.17) is 14.1 Å². The standard InChI is InChI=1S/C21H28N2O2/c1-15-8-10-17(11-9-15)20-22-19(16(2)24-20)14-23-12-6-7-18(13-23)25-21(3,4)5/h7-11H,6,12-14H2,1-5H3. The van der Waals surface area contributed by atoms with Crippen molar-refractivity contribution in [3.05, 3.63) is 53.1 Å². The van der Waals surface area contributed by atoms with E-state index in [9.17, 15) is 0 Å². The Balaban J connectivity index is 1.69. The summed E-state index contributed by atoms with van der Waals surface area (Å²) in [6, 6.07) is 8.28. The zero-order chi connectivity index (χ0) is 18.0. The molecule has 25 heavy (non-hydrogen) atoms. The van der Waals surface area contributed by atoms with Gasteiger partial charge in [0.25, 0.3) is 0 Å². The Kier molecular flexibility index (Phi) is 5.00. The third kappa shape index (κ3) is 4.73. The molecule has 0 aliphatic carbocycles. The first-order valence-electron chi connectivity index (χ1n) is 8.94. The van der Waals surface area contributed by atoms with E-state index in [-0.39, 0.29) is 5.60 Å². The van der Waals surface area contributed by atoms with Gasteiger partial charge in [0.1, 0.15) is 17.1 Å². The molecule has 0 amide bonds. The molecule has 0 saturated carbocycles. The van der Waals surface area contributed by atoms with Crippen LogP contribution in [0.15, 0.2) is 40.5 Å². The molecular formula is C21H28N2O2. The van der Waals surface area contributed by atoms with Crippen LogP contribution in [0.4, 0.5) is 0 Å². The summed E-state index contributed by atoms with van der Waals surface area (Å²) in [6.07, 6.45) is 3.21. The van der Waals surface area contributed by atoms with Gasteiger partial charge in [-0.3, -0.25) is 4.90 Å². The Morgan fingerprint density at radius 3 is 2.56 bits per heavy atom. The van der Waals surface area contributed by atoms with Gasteiger partial charge in [-0.25, -0.2) is 4.98 Å². The first-order chi connectivity index (χ1) is 11.8. The summed E-state index contributed by atoms with van der Waals surface area (Å²) in [7, 11) is 0. The number of aromatic nitrogens is 1. The van der Waals surface area contributed by atoms with Crippen LogP contribution in [-0.2, 0) is 11.3 Å². The first kappa shape index (κ1) is 17.7. The number of benzene rings is 1. The number of aryl methyl sites for hydroxylation is 2. The van der Waals surface area contributed by atoms with Crippen LogP contribution >= 0.6 is 0 Å². The zero-order valence-electron chi connectivity index (χ0n) is 15.9. The molecule has 0 bridgehead atoms. The second kappa shape index (κ2) is 7.04. The maximum atomic E-state index is 6.04. The maximum absolute atomic E-state index is 6.04. The summed E-state index contributed by atoms with van der Waals surface area (Å²) >= 11 is 0. The normalized spacial score (nSPS) is 16.0. The Bertz CT molecular complexity index is 751. The van der Waals surface area contributed by atoms with Crippen molar-refractivity contribution in [2.24, 2.45) is 0 Å². The summed E-state index contributed by atoms with van der Waals surface area (Å²) in [5.74, 6) is 2.65. The van der Waals surface area contributed by atoms with Crippen molar-refractivity contribution in [1.29, 1.82) is 0 Å². The SMILES string of the molecule is Cc1ccc(-c2nc(CN3CCC=C(OC(C)(C)C)C3)c(C)o2)cc1. The number of oxazole rings is 1. The fraction of sp³-hybridized carbons (Fsp3) is 0.476. The van der Waals surface area contributed by atoms with E-state index in [1.54, 1.807) is 0 Å². The average molecular weight is 340 g/mol. The Labute approximate surface area is 150 Å². The number of hydrogen-bond acceptors (Lipinski definition) is 4. The van der Waals surface area contributed by atoms with Crippen LogP contribution in [0.1, 0.15) is 44.2 Å². The van der Waals surface area contributed by atoms with Crippen molar-refractivity contribution in [3.8, 4) is 11.5 Å². The van der Waals surface area contributed by atoms with Crippen molar-refractivity contribution >= 4 is 0 Å². The van der Waals surface area contributed by atoms with E-state index < -0.39 is 0 Å². The molecule has 0 radical (unpaired) electrons. The molecule has 3 rings (SSSR count). The lowest BCUT2D eigenvalue weighted by molar-refractivity contribution is 0.0329. The Morgan fingerprint density at radius 1 is 1.16 bits per heavy atom. The largest absolute Gasteiger partial charge is 0.491 e. The molecule has 0 fully saturated rings. The number of ether oxygens (including phenoxy) is 1. The molecule has 0 unspecified atom stereocenters. The lowest BCUT2D eigenvalue weighted by Gasteiger charge is -2.31. The lowest BCUT2D eigenvalue weighted by atomic mass is 10.1. The minimum Gasteiger partial charge on any atom is -0.491 e. The average Bonchev–Trinajstić information content (AvgIpc) is 2.87. The van der Waals surface area contributed by atoms with Crippen LogP contribution in [0, 0.1) is 13.8 Å². The van der Waals surface area contributed by atoms with Crippen LogP contribution < -0.4 is 0 Å². The summed E-state index contributed by atoms with van der Waals surface area (Å²) in [5.41, 5.74) is 3.11. The van der Waals surface area contributed by atoms with Crippen LogP contribution in [0.3, 0.4) is 0 Å². The van der Waals surface area contributed by atoms with E-state index in [2.05, 4.69) is 62.9 Å². The van der Waals surface area contributed by atoms with Crippen LogP contribution in [0.25, 0.3) is 11.5 Å². The molecule has 1 aliphatic rings. The highest BCUT2D eigenvalue weighted by molar-refractivity contribution is 5.54. The smallest absolute Gasteiger partial charge is 0.226 e. The fourth-order valence-electron chi connectivity index (χ4n) is 2.98. The third-order valence-electron chi connectivity index (χ3n) is 4.20. The molecule has 4 heteroatoms. The number of hydrogen-bond donors (Lipinski definition) is 0. The second-order valence-corrected chi connectivity index (χ2v) is 7.77. The van der Waals surface area contributed by atoms with Crippen molar-refractivity contribution in [1.82, 2.24) is 9.88 Å². The van der Waals surface area contributed by atoms with Crippen LogP contribution in [-0.4, -0.2) is 28.6 Å². The highest BCUT2D eigenvalue weighted by Crippen LogP contribution is 2.24. The fourth-order valence-corrected chi connectivity index (χ4v) is 2.98. The topological polar surface area (TPSA) is 38.5 Å². The van der Waals surface area contributed by atoms with Crippen LogP contribution in [0.5, 0.6) is 0 Å². The lowest BCUT2D eigenvalue weighted by Crippen LogP contribution is -2.33. The number of nitrogens with zero attached hydrogens (tertiary/aromatic N) is 2. The molecule has 1 aromatic heterocycles. The molecule has 0 saturated heterocycles. The molecule has 0 N–H and O–H groups in total. The van der Waals surface area contributed by atoms with Gasteiger partial charge in [0.15, 0.2) is 0 Å². The van der Waals surface area contributed by atoms with Crippen molar-refractivity contribution in [2.75, 3.05) is 13.1 Å². The Hall–Kier alpha value is -2.07. The third-order valence-corrected chi connectivity index (χ3v) is 4.20. The number of rotatable bonds is 4. The van der Waals surface area contributed by atoms with E-state index in [1.165, 1.54) is 5.56 Å². The predicted octanol–water partition coefficient (Wildman–Crippen LogP) is 4.86. The molecule has 4 nitrogen and oxygen atoms in total. The van der Waals surface area contributed by atoms with E-state index in [0.29, 0.717) is 5.89 Å². The van der Waals surface area contributed by atoms with E-state index in [0.717, 1.165) is 48.8 Å². The van der Waals surface area contributed by atoms with Gasteiger partial charge >= 0.3 is 0 Å². The van der Waals surface area contributed by atoms with E-state index >= 15 is 0 Å². The summed E-state index contributed by atoms with van der Waals surface area (Å²) in [4.78, 5) is 7.10. The molecule has 2 heterocycles. The van der Waals surface area contributed by atoms with Crippen molar-refractivity contribution < 1.29 is 9.15 Å². The van der Waals surface area contributed by atoms with Crippen molar-refractivity contribution in [3.63, 3.8) is 0 Å². The van der Waals surface area contributed by atoms with Crippen LogP contribution in [0.2, 0.25) is 0 Å². The molecule has 2 aromatic rings. The molecule has 1 aliphatic heterocycles. The molecule has 0 spiro atoms. The molecule has 134 valence electrons. The Morgan fingerprint density at radius 2 is 1.88 bits per heavy atom. The summed E-state index contributed by atoms with van der Waals surface area (Å²) in [6.45, 7) is 13.0. The minimum absolute atomic E-state index is 0.155. The first-order valence-corrected chi connectivity index (χ1v) is 8.94. The van der Waals surface area contributed by atoms with Gasteiger partial charge in [-0.2, -0.15) is 0 Å². The molecule has 1 aromatic carbocycles. The predicted molar refractivity (Wildman–Crippen MR) is 100 cm³/mol. The van der Waals surface area contributed by atoms with Gasteiger partial charge in [0.05, 0.1) is 12.2 Å². The van der Waals surface area contributed by atoms with Gasteiger partial charge in [0, 0.05) is 18.7 Å². The highest BCUT2D eigenvalue weighted by Gasteiger charge is 2.21. The summed E-state index contributed by atoms with van der Waals surface area (Å²) in [5, 5.41) is 0. The zero-order valence-corrected chi connectivity index (χ0v) is 15.9. The second-order valence-electron chi connectivity index (χ2n) is 7.77. The minimum atomic E-state index is -0.155. The van der Waals surface area contributed by atoms with Gasteiger partial charge in [0.2, 0.25) is 5.89 Å². The van der Waals surface area contributed by atoms with E-state index in [1.807, 2.05) is 6.92 Å². The van der Waals surface area contributed by atoms with Gasteiger partial charge in [-0.15, -0.1) is 0 Å². The highest BCUT2D eigenvalue weighted by atomic mass is 16.5. The maximum Gasteiger partial charge on any atom is 0.226 e. The molecular weight excluding hydrogens is 312 g/mol. The summed E-state index contributed by atoms with van der Waals surface area (Å²) < 4.78 is 11.9. The monoisotopic (exact) mass is 340 g/mol. The quantitative estimate of drug-likeness (QED) is 0.796. The van der Waals surface area contributed by atoms with Gasteiger partial charge < -0.3 is 9.15 Å². The van der Waals surface area contributed by atoms with Crippen molar-refractivity contribution in [2.45, 2.75) is 53.2 Å². The van der Waals surface area contributed by atoms with Gasteiger partial charge in [-0.05, 0) is 59.2 Å². The van der Waals surface area contributed by atoms with Gasteiger partial charge in [-0.1, -0.05) is 17.7 Å².